The molecule has 1 aliphatic heterocycles. The maximum atomic E-state index is 12.4. The molecule has 32 heavy (non-hydrogen) atoms. The first-order chi connectivity index (χ1) is 15.3. The lowest BCUT2D eigenvalue weighted by Crippen LogP contribution is -2.38. The minimum absolute atomic E-state index is 0.204. The van der Waals surface area contributed by atoms with Crippen molar-refractivity contribution >= 4 is 22.5 Å². The molecule has 170 valence electrons. The number of benzene rings is 2. The topological polar surface area (TPSA) is 66.6 Å². The van der Waals surface area contributed by atoms with Crippen molar-refractivity contribution in [3.05, 3.63) is 54.2 Å². The van der Waals surface area contributed by atoms with Crippen LogP contribution in [0.5, 0.6) is 11.5 Å². The third-order valence-electron chi connectivity index (χ3n) is 5.69. The number of hydrogen-bond acceptors (Lipinski definition) is 4. The number of nitrogens with one attached hydrogen (secondary N) is 2. The second-order valence-electron chi connectivity index (χ2n) is 7.83. The maximum Gasteiger partial charge on any atom is 0.573 e. The normalized spacial score (nSPS) is 15.6. The zero-order valence-electron chi connectivity index (χ0n) is 17.5. The molecule has 6 nitrogen and oxygen atoms in total. The minimum Gasteiger partial charge on any atom is -0.497 e. The van der Waals surface area contributed by atoms with E-state index in [4.69, 9.17) is 4.74 Å². The second-order valence-corrected chi connectivity index (χ2v) is 7.83. The summed E-state index contributed by atoms with van der Waals surface area (Å²) in [7, 11) is 1.65. The largest absolute Gasteiger partial charge is 0.573 e. The SMILES string of the molecule is COc1ccc2[nH]cc(C3CCN(CC(=O)Nc4ccc(OC(F)(F)F)cc4)CC3)c2c1. The molecule has 2 heterocycles. The summed E-state index contributed by atoms with van der Waals surface area (Å²) in [5.41, 5.74) is 2.77. The van der Waals surface area contributed by atoms with E-state index in [1.54, 1.807) is 7.11 Å². The molecule has 0 atom stereocenters. The highest BCUT2D eigenvalue weighted by Crippen LogP contribution is 2.34. The van der Waals surface area contributed by atoms with Crippen molar-refractivity contribution in [3.63, 3.8) is 0 Å². The number of carbonyl (C=O) groups is 1. The molecule has 2 N–H and O–H groups in total. The van der Waals surface area contributed by atoms with Crippen LogP contribution < -0.4 is 14.8 Å². The predicted octanol–water partition coefficient (Wildman–Crippen LogP) is 4.89. The Morgan fingerprint density at radius 3 is 2.47 bits per heavy atom. The number of carbonyl (C=O) groups excluding carboxylic acids is 1. The number of aromatic amines is 1. The molecule has 0 aliphatic carbocycles. The van der Waals surface area contributed by atoms with Gasteiger partial charge in [0.25, 0.3) is 0 Å². The van der Waals surface area contributed by atoms with Crippen LogP contribution in [0.1, 0.15) is 24.3 Å². The zero-order chi connectivity index (χ0) is 22.7. The Morgan fingerprint density at radius 1 is 1.12 bits per heavy atom. The number of anilines is 1. The van der Waals surface area contributed by atoms with E-state index in [9.17, 15) is 18.0 Å². The van der Waals surface area contributed by atoms with Crippen LogP contribution in [0.2, 0.25) is 0 Å². The number of likely N-dealkylation sites (tertiary alicyclic amines) is 1. The Hall–Kier alpha value is -3.20. The van der Waals surface area contributed by atoms with Gasteiger partial charge in [-0.3, -0.25) is 9.69 Å². The highest BCUT2D eigenvalue weighted by Gasteiger charge is 2.31. The van der Waals surface area contributed by atoms with Crippen LogP contribution >= 0.6 is 0 Å². The summed E-state index contributed by atoms with van der Waals surface area (Å²) in [5, 5.41) is 3.88. The number of fused-ring (bicyclic) bond motifs is 1. The predicted molar refractivity (Wildman–Crippen MR) is 115 cm³/mol. The average Bonchev–Trinajstić information content (AvgIpc) is 3.18. The Morgan fingerprint density at radius 2 is 1.81 bits per heavy atom. The molecule has 1 aliphatic rings. The summed E-state index contributed by atoms with van der Waals surface area (Å²) in [5.74, 6) is 0.694. The Kier molecular flexibility index (Phi) is 6.27. The maximum absolute atomic E-state index is 12.4. The molecule has 9 heteroatoms. The van der Waals surface area contributed by atoms with Gasteiger partial charge in [-0.2, -0.15) is 0 Å². The van der Waals surface area contributed by atoms with Gasteiger partial charge in [0.15, 0.2) is 0 Å². The summed E-state index contributed by atoms with van der Waals surface area (Å²) < 4.78 is 45.9. The summed E-state index contributed by atoms with van der Waals surface area (Å²) >= 11 is 0. The third-order valence-corrected chi connectivity index (χ3v) is 5.69. The van der Waals surface area contributed by atoms with Gasteiger partial charge in [0.1, 0.15) is 11.5 Å². The molecule has 3 aromatic rings. The van der Waals surface area contributed by atoms with Crippen LogP contribution in [-0.2, 0) is 4.79 Å². The van der Waals surface area contributed by atoms with Gasteiger partial charge < -0.3 is 19.8 Å². The van der Waals surface area contributed by atoms with Crippen molar-refractivity contribution in [1.82, 2.24) is 9.88 Å². The number of H-pyrrole nitrogens is 1. The number of rotatable bonds is 6. The number of ether oxygens (including phenoxy) is 2. The Balaban J connectivity index is 1.29. The summed E-state index contributed by atoms with van der Waals surface area (Å²) in [6, 6.07) is 11.1. The zero-order valence-corrected chi connectivity index (χ0v) is 17.5. The van der Waals surface area contributed by atoms with E-state index in [0.29, 0.717) is 11.6 Å². The monoisotopic (exact) mass is 447 g/mol. The average molecular weight is 447 g/mol. The Bertz CT molecular complexity index is 1070. The molecule has 1 saturated heterocycles. The van der Waals surface area contributed by atoms with Crippen molar-refractivity contribution < 1.29 is 27.4 Å². The van der Waals surface area contributed by atoms with E-state index in [1.807, 2.05) is 18.2 Å². The van der Waals surface area contributed by atoms with Crippen LogP contribution in [0, 0.1) is 0 Å². The molecule has 2 aromatic carbocycles. The highest BCUT2D eigenvalue weighted by molar-refractivity contribution is 5.92. The van der Waals surface area contributed by atoms with Crippen molar-refractivity contribution in [2.75, 3.05) is 32.1 Å². The van der Waals surface area contributed by atoms with E-state index in [2.05, 4.69) is 26.1 Å². The number of methoxy groups -OCH3 is 1. The van der Waals surface area contributed by atoms with E-state index in [0.717, 1.165) is 37.2 Å². The number of alkyl halides is 3. The van der Waals surface area contributed by atoms with Crippen molar-refractivity contribution in [1.29, 1.82) is 0 Å². The van der Waals surface area contributed by atoms with E-state index >= 15 is 0 Å². The molecule has 1 aromatic heterocycles. The van der Waals surface area contributed by atoms with Crippen LogP contribution in [0.25, 0.3) is 10.9 Å². The number of hydrogen-bond donors (Lipinski definition) is 2. The second kappa shape index (κ2) is 9.12. The summed E-state index contributed by atoms with van der Waals surface area (Å²) in [4.78, 5) is 17.8. The van der Waals surface area contributed by atoms with Gasteiger partial charge in [0.05, 0.1) is 13.7 Å². The van der Waals surface area contributed by atoms with Gasteiger partial charge in [-0.05, 0) is 79.9 Å². The number of nitrogens with zero attached hydrogens (tertiary/aromatic N) is 1. The first-order valence-corrected chi connectivity index (χ1v) is 10.3. The highest BCUT2D eigenvalue weighted by atomic mass is 19.4. The quantitative estimate of drug-likeness (QED) is 0.565. The van der Waals surface area contributed by atoms with Crippen molar-refractivity contribution in [2.45, 2.75) is 25.1 Å². The molecule has 4 rings (SSSR count). The number of piperidine rings is 1. The van der Waals surface area contributed by atoms with E-state index in [-0.39, 0.29) is 18.2 Å². The standard InChI is InChI=1S/C23H24F3N3O3/c1-31-18-6-7-21-19(12-18)20(13-27-21)15-8-10-29(11-9-15)14-22(30)28-16-2-4-17(5-3-16)32-23(24,25)26/h2-7,12-13,15,27H,8-11,14H2,1H3,(H,28,30). The summed E-state index contributed by atoms with van der Waals surface area (Å²) in [6.45, 7) is 1.80. The van der Waals surface area contributed by atoms with Crippen molar-refractivity contribution in [2.24, 2.45) is 0 Å². The third kappa shape index (κ3) is 5.34. The van der Waals surface area contributed by atoms with Crippen molar-refractivity contribution in [3.8, 4) is 11.5 Å². The fourth-order valence-electron chi connectivity index (χ4n) is 4.13. The van der Waals surface area contributed by atoms with Gasteiger partial charge in [-0.1, -0.05) is 0 Å². The van der Waals surface area contributed by atoms with E-state index in [1.165, 1.54) is 35.2 Å². The minimum atomic E-state index is -4.74. The fraction of sp³-hybridized carbons (Fsp3) is 0.348. The molecule has 0 spiro atoms. The van der Waals surface area contributed by atoms with Crippen LogP contribution in [-0.4, -0.2) is 48.9 Å². The van der Waals surface area contributed by atoms with Gasteiger partial charge in [0.2, 0.25) is 5.91 Å². The molecular formula is C23H24F3N3O3. The van der Waals surface area contributed by atoms with E-state index < -0.39 is 6.36 Å². The molecular weight excluding hydrogens is 423 g/mol. The lowest BCUT2D eigenvalue weighted by Gasteiger charge is -2.31. The first-order valence-electron chi connectivity index (χ1n) is 10.3. The molecule has 0 unspecified atom stereocenters. The van der Waals surface area contributed by atoms with Crippen LogP contribution in [0.15, 0.2) is 48.7 Å². The molecule has 1 fully saturated rings. The fourth-order valence-corrected chi connectivity index (χ4v) is 4.13. The van der Waals surface area contributed by atoms with Gasteiger partial charge in [-0.15, -0.1) is 13.2 Å². The molecule has 0 bridgehead atoms. The first kappa shape index (κ1) is 22.0. The molecule has 0 saturated carbocycles. The molecule has 0 radical (unpaired) electrons. The van der Waals surface area contributed by atoms with Crippen LogP contribution in [0.3, 0.4) is 0 Å². The lowest BCUT2D eigenvalue weighted by atomic mass is 9.89. The molecule has 1 amide bonds. The number of amides is 1. The summed E-state index contributed by atoms with van der Waals surface area (Å²) in [6.07, 6.45) is -0.819. The van der Waals surface area contributed by atoms with Crippen LogP contribution in [0.4, 0.5) is 18.9 Å². The number of halogens is 3. The van der Waals surface area contributed by atoms with Gasteiger partial charge >= 0.3 is 6.36 Å². The number of aromatic nitrogens is 1. The smallest absolute Gasteiger partial charge is 0.497 e. The van der Waals surface area contributed by atoms with Gasteiger partial charge in [-0.25, -0.2) is 0 Å². The lowest BCUT2D eigenvalue weighted by molar-refractivity contribution is -0.274. The Labute approximate surface area is 183 Å². The van der Waals surface area contributed by atoms with Gasteiger partial charge in [0, 0.05) is 22.8 Å².